The summed E-state index contributed by atoms with van der Waals surface area (Å²) in [5.41, 5.74) is 0.703. The fourth-order valence-electron chi connectivity index (χ4n) is 1.37. The quantitative estimate of drug-likeness (QED) is 0.886. The number of nitrogens with zero attached hydrogens (tertiary/aromatic N) is 3. The van der Waals surface area contributed by atoms with Gasteiger partial charge in [0.05, 0.1) is 5.54 Å². The Bertz CT molecular complexity index is 465. The highest BCUT2D eigenvalue weighted by molar-refractivity contribution is 7.09. The predicted molar refractivity (Wildman–Crippen MR) is 65.5 cm³/mol. The highest BCUT2D eigenvalue weighted by atomic mass is 32.1. The highest BCUT2D eigenvalue weighted by Gasteiger charge is 2.23. The van der Waals surface area contributed by atoms with Gasteiger partial charge in [0.15, 0.2) is 0 Å². The Kier molecular flexibility index (Phi) is 2.87. The number of anilines is 1. The van der Waals surface area contributed by atoms with Gasteiger partial charge in [0.25, 0.3) is 0 Å². The molecule has 0 saturated carbocycles. The van der Waals surface area contributed by atoms with Gasteiger partial charge in [-0.05, 0) is 26.8 Å². The first-order valence-corrected chi connectivity index (χ1v) is 5.94. The van der Waals surface area contributed by atoms with Crippen molar-refractivity contribution in [1.29, 1.82) is 0 Å². The minimum Gasteiger partial charge on any atom is -0.343 e. The van der Waals surface area contributed by atoms with Crippen molar-refractivity contribution < 1.29 is 0 Å². The third-order valence-corrected chi connectivity index (χ3v) is 3.28. The summed E-state index contributed by atoms with van der Waals surface area (Å²) >= 11 is 1.62. The van der Waals surface area contributed by atoms with Gasteiger partial charge in [-0.3, -0.25) is 0 Å². The zero-order valence-electron chi connectivity index (χ0n) is 9.56. The van der Waals surface area contributed by atoms with Crippen molar-refractivity contribution in [2.75, 3.05) is 5.32 Å². The van der Waals surface area contributed by atoms with Crippen LogP contribution >= 0.6 is 11.3 Å². The van der Waals surface area contributed by atoms with Gasteiger partial charge in [-0.2, -0.15) is 0 Å². The average Bonchev–Trinajstić information content (AvgIpc) is 2.69. The Morgan fingerprint density at radius 3 is 2.69 bits per heavy atom. The fourth-order valence-corrected chi connectivity index (χ4v) is 2.09. The van der Waals surface area contributed by atoms with Crippen molar-refractivity contribution in [3.63, 3.8) is 0 Å². The van der Waals surface area contributed by atoms with E-state index in [4.69, 9.17) is 0 Å². The molecular formula is C11H14N4S. The van der Waals surface area contributed by atoms with Gasteiger partial charge in [0.2, 0.25) is 5.95 Å². The molecule has 0 radical (unpaired) electrons. The van der Waals surface area contributed by atoms with Crippen LogP contribution in [0.3, 0.4) is 0 Å². The lowest BCUT2D eigenvalue weighted by atomic mass is 10.1. The second kappa shape index (κ2) is 4.17. The Morgan fingerprint density at radius 1 is 1.25 bits per heavy atom. The third-order valence-electron chi connectivity index (χ3n) is 2.19. The number of thiazole rings is 1. The Labute approximate surface area is 98.8 Å². The summed E-state index contributed by atoms with van der Waals surface area (Å²) in [4.78, 5) is 12.8. The first-order chi connectivity index (χ1) is 7.58. The van der Waals surface area contributed by atoms with Gasteiger partial charge < -0.3 is 5.32 Å². The summed E-state index contributed by atoms with van der Waals surface area (Å²) in [6, 6.07) is 1.88. The molecule has 2 heterocycles. The normalized spacial score (nSPS) is 11.4. The average molecular weight is 234 g/mol. The molecule has 0 fully saturated rings. The maximum Gasteiger partial charge on any atom is 0.223 e. The van der Waals surface area contributed by atoms with Crippen LogP contribution in [0.1, 0.15) is 24.5 Å². The minimum absolute atomic E-state index is 0.248. The van der Waals surface area contributed by atoms with Gasteiger partial charge in [0.1, 0.15) is 5.01 Å². The van der Waals surface area contributed by atoms with Crippen LogP contribution in [-0.4, -0.2) is 15.0 Å². The molecule has 0 aliphatic carbocycles. The fraction of sp³-hybridized carbons (Fsp3) is 0.364. The van der Waals surface area contributed by atoms with E-state index < -0.39 is 0 Å². The van der Waals surface area contributed by atoms with Crippen LogP contribution in [0.15, 0.2) is 23.8 Å². The van der Waals surface area contributed by atoms with Crippen LogP contribution in [0.25, 0.3) is 0 Å². The summed E-state index contributed by atoms with van der Waals surface area (Å²) in [6.07, 6.45) is 3.56. The monoisotopic (exact) mass is 234 g/mol. The largest absolute Gasteiger partial charge is 0.343 e. The molecule has 16 heavy (non-hydrogen) atoms. The van der Waals surface area contributed by atoms with Crippen LogP contribution in [-0.2, 0) is 5.54 Å². The standard InChI is InChI=1S/C11H14N4S/c1-8-4-5-13-10(14-8)15-11(2,3)9-12-6-7-16-9/h4-7H,1-3H3,(H,13,14,15). The number of hydrogen-bond donors (Lipinski definition) is 1. The van der Waals surface area contributed by atoms with Crippen LogP contribution in [0.2, 0.25) is 0 Å². The molecule has 0 atom stereocenters. The maximum absolute atomic E-state index is 4.32. The predicted octanol–water partition coefficient (Wildman–Crippen LogP) is 2.59. The van der Waals surface area contributed by atoms with Crippen LogP contribution in [0.5, 0.6) is 0 Å². The molecular weight excluding hydrogens is 220 g/mol. The van der Waals surface area contributed by atoms with Crippen LogP contribution < -0.4 is 5.32 Å². The van der Waals surface area contributed by atoms with Gasteiger partial charge in [0, 0.05) is 23.5 Å². The van der Waals surface area contributed by atoms with E-state index in [2.05, 4.69) is 34.1 Å². The van der Waals surface area contributed by atoms with Crippen molar-refractivity contribution in [2.45, 2.75) is 26.3 Å². The summed E-state index contributed by atoms with van der Waals surface area (Å²) in [5, 5.41) is 6.28. The molecule has 0 aromatic carbocycles. The van der Waals surface area contributed by atoms with E-state index in [9.17, 15) is 0 Å². The van der Waals surface area contributed by atoms with E-state index in [0.29, 0.717) is 5.95 Å². The number of aromatic nitrogens is 3. The number of nitrogens with one attached hydrogen (secondary N) is 1. The van der Waals surface area contributed by atoms with Gasteiger partial charge in [-0.25, -0.2) is 15.0 Å². The van der Waals surface area contributed by atoms with Crippen molar-refractivity contribution >= 4 is 17.3 Å². The second-order valence-corrected chi connectivity index (χ2v) is 5.00. The lowest BCUT2D eigenvalue weighted by Crippen LogP contribution is -2.28. The Hall–Kier alpha value is -1.49. The molecule has 84 valence electrons. The molecule has 0 saturated heterocycles. The molecule has 0 unspecified atom stereocenters. The Balaban J connectivity index is 2.21. The van der Waals surface area contributed by atoms with E-state index in [0.717, 1.165) is 10.7 Å². The lowest BCUT2D eigenvalue weighted by Gasteiger charge is -2.23. The molecule has 0 amide bonds. The van der Waals surface area contributed by atoms with Gasteiger partial charge in [-0.15, -0.1) is 11.3 Å². The number of rotatable bonds is 3. The summed E-state index contributed by atoms with van der Waals surface area (Å²) in [5.74, 6) is 0.639. The first-order valence-electron chi connectivity index (χ1n) is 5.06. The zero-order chi connectivity index (χ0) is 11.6. The number of aryl methyl sites for hydroxylation is 1. The summed E-state index contributed by atoms with van der Waals surface area (Å²) in [6.45, 7) is 6.08. The molecule has 0 bridgehead atoms. The maximum atomic E-state index is 4.32. The molecule has 1 N–H and O–H groups in total. The van der Waals surface area contributed by atoms with Gasteiger partial charge in [-0.1, -0.05) is 0 Å². The molecule has 0 aliphatic heterocycles. The van der Waals surface area contributed by atoms with Crippen molar-refractivity contribution in [1.82, 2.24) is 15.0 Å². The summed E-state index contributed by atoms with van der Waals surface area (Å²) < 4.78 is 0. The van der Waals surface area contributed by atoms with E-state index in [-0.39, 0.29) is 5.54 Å². The van der Waals surface area contributed by atoms with E-state index >= 15 is 0 Å². The molecule has 0 aliphatic rings. The zero-order valence-corrected chi connectivity index (χ0v) is 10.4. The highest BCUT2D eigenvalue weighted by Crippen LogP contribution is 2.25. The smallest absolute Gasteiger partial charge is 0.223 e. The number of hydrogen-bond acceptors (Lipinski definition) is 5. The summed E-state index contributed by atoms with van der Waals surface area (Å²) in [7, 11) is 0. The minimum atomic E-state index is -0.248. The third kappa shape index (κ3) is 2.36. The molecule has 5 heteroatoms. The van der Waals surface area contributed by atoms with Crippen molar-refractivity contribution in [3.8, 4) is 0 Å². The lowest BCUT2D eigenvalue weighted by molar-refractivity contribution is 0.596. The molecule has 2 aromatic rings. The molecule has 4 nitrogen and oxygen atoms in total. The van der Waals surface area contributed by atoms with E-state index in [1.807, 2.05) is 18.4 Å². The van der Waals surface area contributed by atoms with E-state index in [1.165, 1.54) is 0 Å². The molecule has 2 rings (SSSR count). The topological polar surface area (TPSA) is 50.7 Å². The SMILES string of the molecule is Cc1ccnc(NC(C)(C)c2nccs2)n1. The van der Waals surface area contributed by atoms with E-state index in [1.54, 1.807) is 23.7 Å². The molecule has 0 spiro atoms. The van der Waals surface area contributed by atoms with Crippen molar-refractivity contribution in [3.05, 3.63) is 34.5 Å². The van der Waals surface area contributed by atoms with Crippen LogP contribution in [0, 0.1) is 6.92 Å². The Morgan fingerprint density at radius 2 is 2.06 bits per heavy atom. The van der Waals surface area contributed by atoms with Gasteiger partial charge >= 0.3 is 0 Å². The van der Waals surface area contributed by atoms with Crippen LogP contribution in [0.4, 0.5) is 5.95 Å². The first kappa shape index (κ1) is 11.0. The molecule has 2 aromatic heterocycles. The van der Waals surface area contributed by atoms with Crippen molar-refractivity contribution in [2.24, 2.45) is 0 Å². The second-order valence-electron chi connectivity index (χ2n) is 4.11.